The predicted molar refractivity (Wildman–Crippen MR) is 104 cm³/mol. The summed E-state index contributed by atoms with van der Waals surface area (Å²) < 4.78 is 3.30. The van der Waals surface area contributed by atoms with Crippen molar-refractivity contribution in [2.24, 2.45) is 0 Å². The van der Waals surface area contributed by atoms with Gasteiger partial charge in [0.1, 0.15) is 5.82 Å². The summed E-state index contributed by atoms with van der Waals surface area (Å²) in [6, 6.07) is 7.60. The summed E-state index contributed by atoms with van der Waals surface area (Å²) in [5, 5.41) is 8.02. The van der Waals surface area contributed by atoms with Crippen molar-refractivity contribution in [2.45, 2.75) is 50.1 Å². The highest BCUT2D eigenvalue weighted by Gasteiger charge is 2.16. The summed E-state index contributed by atoms with van der Waals surface area (Å²) in [5.41, 5.74) is -0.0228. The van der Waals surface area contributed by atoms with Gasteiger partial charge in [0.15, 0.2) is 0 Å². The van der Waals surface area contributed by atoms with Crippen LogP contribution in [0.4, 0.5) is 0 Å². The van der Waals surface area contributed by atoms with Gasteiger partial charge in [0.2, 0.25) is 5.91 Å². The van der Waals surface area contributed by atoms with Gasteiger partial charge in [0.25, 0.3) is 0 Å². The minimum atomic E-state index is -0.0228. The summed E-state index contributed by atoms with van der Waals surface area (Å²) in [6.07, 6.45) is 4.19. The van der Waals surface area contributed by atoms with Crippen LogP contribution in [0.5, 0.6) is 0 Å². The molecule has 26 heavy (non-hydrogen) atoms. The zero-order chi connectivity index (χ0) is 18.4. The maximum atomic E-state index is 12.2. The molecule has 3 rings (SSSR count). The van der Waals surface area contributed by atoms with Crippen molar-refractivity contribution in [3.8, 4) is 0 Å². The van der Waals surface area contributed by atoms with E-state index in [1.54, 1.807) is 16.3 Å². The number of aryl methyl sites for hydroxylation is 2. The fourth-order valence-electron chi connectivity index (χ4n) is 2.93. The quantitative estimate of drug-likeness (QED) is 0.552. The fourth-order valence-corrected chi connectivity index (χ4v) is 3.91. The third-order valence-corrected chi connectivity index (χ3v) is 5.58. The van der Waals surface area contributed by atoms with E-state index in [2.05, 4.69) is 10.4 Å². The third kappa shape index (κ3) is 5.14. The summed E-state index contributed by atoms with van der Waals surface area (Å²) in [6.45, 7) is 1.87. The number of rotatable bonds is 8. The Labute approximate surface area is 161 Å². The lowest BCUT2D eigenvalue weighted by molar-refractivity contribution is -0.120. The molecule has 0 saturated carbocycles. The molecule has 140 valence electrons. The Morgan fingerprint density at radius 1 is 1.27 bits per heavy atom. The Balaban J connectivity index is 1.33. The van der Waals surface area contributed by atoms with Gasteiger partial charge >= 0.3 is 5.69 Å². The van der Waals surface area contributed by atoms with Gasteiger partial charge in [-0.3, -0.25) is 9.36 Å². The van der Waals surface area contributed by atoms with Crippen molar-refractivity contribution >= 4 is 29.3 Å². The highest BCUT2D eigenvalue weighted by Crippen LogP contribution is 2.20. The SMILES string of the molecule is O=C(CCSc1ccc(Cl)cc1)NCCCn1nc2n(c1=O)CCCC2. The monoisotopic (exact) mass is 394 g/mol. The molecule has 1 aromatic carbocycles. The number of carbonyl (C=O) groups excluding carboxylic acids is 1. The van der Waals surface area contributed by atoms with E-state index in [9.17, 15) is 9.59 Å². The molecule has 0 aliphatic carbocycles. The molecule has 1 aliphatic rings. The molecule has 2 aromatic rings. The lowest BCUT2D eigenvalue weighted by Crippen LogP contribution is -2.29. The number of carbonyl (C=O) groups is 1. The standard InChI is InChI=1S/C18H23ClN4O2S/c19-14-5-7-15(8-6-14)26-13-9-17(24)20-10-3-12-23-18(25)22-11-2-1-4-16(22)21-23/h5-8H,1-4,9-13H2,(H,20,24). The Morgan fingerprint density at radius 2 is 2.08 bits per heavy atom. The number of nitrogens with zero attached hydrogens (tertiary/aromatic N) is 3. The number of benzene rings is 1. The number of hydrogen-bond acceptors (Lipinski definition) is 4. The van der Waals surface area contributed by atoms with E-state index in [-0.39, 0.29) is 11.6 Å². The molecular formula is C18H23ClN4O2S. The maximum Gasteiger partial charge on any atom is 0.345 e. The van der Waals surface area contributed by atoms with Crippen LogP contribution in [-0.2, 0) is 24.3 Å². The van der Waals surface area contributed by atoms with Crippen molar-refractivity contribution in [3.05, 3.63) is 45.6 Å². The van der Waals surface area contributed by atoms with E-state index in [1.165, 1.54) is 4.68 Å². The van der Waals surface area contributed by atoms with E-state index < -0.39 is 0 Å². The van der Waals surface area contributed by atoms with Crippen LogP contribution >= 0.6 is 23.4 Å². The van der Waals surface area contributed by atoms with Crippen LogP contribution in [0, 0.1) is 0 Å². The highest BCUT2D eigenvalue weighted by atomic mass is 35.5. The molecular weight excluding hydrogens is 372 g/mol. The number of amides is 1. The number of thioether (sulfide) groups is 1. The second-order valence-corrected chi connectivity index (χ2v) is 7.89. The molecule has 2 heterocycles. The van der Waals surface area contributed by atoms with Gasteiger partial charge in [-0.2, -0.15) is 5.10 Å². The lowest BCUT2D eigenvalue weighted by atomic mass is 10.2. The average molecular weight is 395 g/mol. The Morgan fingerprint density at radius 3 is 2.85 bits per heavy atom. The number of nitrogens with one attached hydrogen (secondary N) is 1. The normalized spacial score (nSPS) is 13.4. The Kier molecular flexibility index (Phi) is 6.80. The number of hydrogen-bond donors (Lipinski definition) is 1. The predicted octanol–water partition coefficient (Wildman–Crippen LogP) is 2.72. The van der Waals surface area contributed by atoms with Crippen LogP contribution < -0.4 is 11.0 Å². The number of halogens is 1. The summed E-state index contributed by atoms with van der Waals surface area (Å²) in [5.74, 6) is 1.65. The van der Waals surface area contributed by atoms with E-state index in [4.69, 9.17) is 11.6 Å². The first-order valence-corrected chi connectivity index (χ1v) is 10.3. The molecule has 1 aromatic heterocycles. The molecule has 0 unspecified atom stereocenters. The topological polar surface area (TPSA) is 68.9 Å². The summed E-state index contributed by atoms with van der Waals surface area (Å²) in [4.78, 5) is 25.2. The Hall–Kier alpha value is -1.73. The third-order valence-electron chi connectivity index (χ3n) is 4.31. The van der Waals surface area contributed by atoms with E-state index in [1.807, 2.05) is 24.3 Å². The lowest BCUT2D eigenvalue weighted by Gasteiger charge is -2.09. The van der Waals surface area contributed by atoms with Gasteiger partial charge in [0.05, 0.1) is 0 Å². The van der Waals surface area contributed by atoms with Crippen LogP contribution in [-0.4, -0.2) is 32.6 Å². The molecule has 0 bridgehead atoms. The molecule has 8 heteroatoms. The average Bonchev–Trinajstić information content (AvgIpc) is 2.97. The number of fused-ring (bicyclic) bond motifs is 1. The maximum absolute atomic E-state index is 12.2. The molecule has 1 N–H and O–H groups in total. The van der Waals surface area contributed by atoms with Crippen molar-refractivity contribution in [3.63, 3.8) is 0 Å². The van der Waals surface area contributed by atoms with Gasteiger partial charge in [-0.25, -0.2) is 9.48 Å². The molecule has 6 nitrogen and oxygen atoms in total. The Bertz CT molecular complexity index is 801. The van der Waals surface area contributed by atoms with Crippen molar-refractivity contribution in [2.75, 3.05) is 12.3 Å². The second kappa shape index (κ2) is 9.28. The molecule has 0 radical (unpaired) electrons. The molecule has 0 atom stereocenters. The number of aromatic nitrogens is 3. The first-order valence-electron chi connectivity index (χ1n) is 8.95. The first-order chi connectivity index (χ1) is 12.6. The fraction of sp³-hybridized carbons (Fsp3) is 0.500. The van der Waals surface area contributed by atoms with Crippen molar-refractivity contribution in [1.29, 1.82) is 0 Å². The molecule has 0 saturated heterocycles. The zero-order valence-corrected chi connectivity index (χ0v) is 16.2. The van der Waals surface area contributed by atoms with Crippen LogP contribution in [0.25, 0.3) is 0 Å². The van der Waals surface area contributed by atoms with E-state index >= 15 is 0 Å². The van der Waals surface area contributed by atoms with Crippen LogP contribution in [0.3, 0.4) is 0 Å². The molecule has 0 fully saturated rings. The summed E-state index contributed by atoms with van der Waals surface area (Å²) >= 11 is 7.48. The van der Waals surface area contributed by atoms with Crippen molar-refractivity contribution in [1.82, 2.24) is 19.7 Å². The second-order valence-electron chi connectivity index (χ2n) is 6.29. The summed E-state index contributed by atoms with van der Waals surface area (Å²) in [7, 11) is 0. The van der Waals surface area contributed by atoms with Gasteiger partial charge in [0, 0.05) is 48.1 Å². The van der Waals surface area contributed by atoms with E-state index in [0.717, 1.165) is 42.3 Å². The van der Waals surface area contributed by atoms with Crippen LogP contribution in [0.2, 0.25) is 5.02 Å². The van der Waals surface area contributed by atoms with Crippen molar-refractivity contribution < 1.29 is 4.79 Å². The molecule has 0 spiro atoms. The first kappa shape index (κ1) is 19.0. The van der Waals surface area contributed by atoms with Gasteiger partial charge in [-0.05, 0) is 43.5 Å². The van der Waals surface area contributed by atoms with Gasteiger partial charge < -0.3 is 5.32 Å². The zero-order valence-electron chi connectivity index (χ0n) is 14.6. The van der Waals surface area contributed by atoms with Gasteiger partial charge in [-0.1, -0.05) is 11.6 Å². The van der Waals surface area contributed by atoms with E-state index in [0.29, 0.717) is 31.0 Å². The molecule has 1 aliphatic heterocycles. The smallest absolute Gasteiger partial charge is 0.345 e. The minimum Gasteiger partial charge on any atom is -0.356 e. The van der Waals surface area contributed by atoms with Crippen LogP contribution in [0.1, 0.15) is 31.5 Å². The van der Waals surface area contributed by atoms with Crippen LogP contribution in [0.15, 0.2) is 34.0 Å². The van der Waals surface area contributed by atoms with Gasteiger partial charge in [-0.15, -0.1) is 11.8 Å². The largest absolute Gasteiger partial charge is 0.356 e. The highest BCUT2D eigenvalue weighted by molar-refractivity contribution is 7.99. The minimum absolute atomic E-state index is 0.0228. The molecule has 1 amide bonds.